The summed E-state index contributed by atoms with van der Waals surface area (Å²) in [5, 5.41) is 12.0. The lowest BCUT2D eigenvalue weighted by Gasteiger charge is -2.35. The minimum atomic E-state index is -0.792. The third kappa shape index (κ3) is 2.94. The molecule has 1 unspecified atom stereocenters. The summed E-state index contributed by atoms with van der Waals surface area (Å²) in [7, 11) is 0. The Bertz CT molecular complexity index is 328. The molecular formula is C13H22N2O3. The molecule has 1 aliphatic heterocycles. The number of likely N-dealkylation sites (tertiary alicyclic amines) is 1. The molecule has 5 heteroatoms. The van der Waals surface area contributed by atoms with Crippen molar-refractivity contribution >= 4 is 12.0 Å². The fourth-order valence-electron chi connectivity index (χ4n) is 2.71. The number of hydrogen-bond acceptors (Lipinski definition) is 2. The second-order valence-electron chi connectivity index (χ2n) is 5.55. The van der Waals surface area contributed by atoms with E-state index < -0.39 is 11.9 Å². The highest BCUT2D eigenvalue weighted by Gasteiger charge is 2.30. The van der Waals surface area contributed by atoms with Gasteiger partial charge in [-0.3, -0.25) is 4.79 Å². The van der Waals surface area contributed by atoms with E-state index in [1.165, 1.54) is 19.3 Å². The van der Waals surface area contributed by atoms with E-state index in [1.807, 2.05) is 6.92 Å². The van der Waals surface area contributed by atoms with Gasteiger partial charge in [-0.05, 0) is 38.5 Å². The van der Waals surface area contributed by atoms with Crippen LogP contribution in [0.2, 0.25) is 0 Å². The average molecular weight is 254 g/mol. The first kappa shape index (κ1) is 13.2. The Morgan fingerprint density at radius 1 is 1.28 bits per heavy atom. The number of carbonyl (C=O) groups is 2. The third-order valence-corrected chi connectivity index (χ3v) is 4.27. The van der Waals surface area contributed by atoms with Gasteiger partial charge in [-0.1, -0.05) is 6.42 Å². The average Bonchev–Trinajstić information content (AvgIpc) is 2.26. The quantitative estimate of drug-likeness (QED) is 0.805. The molecule has 2 rings (SSSR count). The van der Waals surface area contributed by atoms with E-state index in [-0.39, 0.29) is 12.1 Å². The van der Waals surface area contributed by atoms with Crippen LogP contribution in [0.1, 0.15) is 39.0 Å². The molecule has 5 nitrogen and oxygen atoms in total. The van der Waals surface area contributed by atoms with Gasteiger partial charge >= 0.3 is 12.0 Å². The van der Waals surface area contributed by atoms with Crippen LogP contribution < -0.4 is 5.32 Å². The number of hydrogen-bond donors (Lipinski definition) is 2. The molecule has 0 spiro atoms. The number of urea groups is 1. The van der Waals surface area contributed by atoms with Gasteiger partial charge in [-0.2, -0.15) is 0 Å². The molecule has 2 atom stereocenters. The van der Waals surface area contributed by atoms with E-state index in [2.05, 4.69) is 5.32 Å². The molecule has 1 saturated carbocycles. The number of amides is 2. The third-order valence-electron chi connectivity index (χ3n) is 4.27. The van der Waals surface area contributed by atoms with Crippen molar-refractivity contribution in [3.05, 3.63) is 0 Å². The molecule has 1 aliphatic carbocycles. The van der Waals surface area contributed by atoms with Crippen LogP contribution in [0.3, 0.4) is 0 Å². The van der Waals surface area contributed by atoms with E-state index in [0.29, 0.717) is 25.4 Å². The summed E-state index contributed by atoms with van der Waals surface area (Å²) in [6.07, 6.45) is 5.10. The van der Waals surface area contributed by atoms with Gasteiger partial charge in [0.05, 0.1) is 5.92 Å². The van der Waals surface area contributed by atoms with Crippen molar-refractivity contribution in [3.8, 4) is 0 Å². The van der Waals surface area contributed by atoms with Gasteiger partial charge < -0.3 is 15.3 Å². The van der Waals surface area contributed by atoms with E-state index in [4.69, 9.17) is 5.11 Å². The number of nitrogens with zero attached hydrogens (tertiary/aromatic N) is 1. The van der Waals surface area contributed by atoms with E-state index in [0.717, 1.165) is 6.42 Å². The van der Waals surface area contributed by atoms with E-state index >= 15 is 0 Å². The molecule has 1 saturated heterocycles. The van der Waals surface area contributed by atoms with Crippen LogP contribution in [0, 0.1) is 11.8 Å². The SMILES string of the molecule is CC(NC(=O)N1CCC[C@@H](C(=O)O)C1)C1CCC1. The van der Waals surface area contributed by atoms with Gasteiger partial charge in [0.15, 0.2) is 0 Å². The summed E-state index contributed by atoms with van der Waals surface area (Å²) in [5.74, 6) is -0.586. The lowest BCUT2D eigenvalue weighted by molar-refractivity contribution is -0.143. The van der Waals surface area contributed by atoms with Crippen LogP contribution in [-0.4, -0.2) is 41.1 Å². The zero-order valence-electron chi connectivity index (χ0n) is 10.9. The highest BCUT2D eigenvalue weighted by atomic mass is 16.4. The maximum atomic E-state index is 12.0. The van der Waals surface area contributed by atoms with E-state index in [9.17, 15) is 9.59 Å². The number of aliphatic carboxylic acids is 1. The summed E-state index contributed by atoms with van der Waals surface area (Å²) in [6.45, 7) is 3.06. The van der Waals surface area contributed by atoms with Crippen molar-refractivity contribution in [2.24, 2.45) is 11.8 Å². The number of carbonyl (C=O) groups excluding carboxylic acids is 1. The molecule has 0 aromatic carbocycles. The zero-order chi connectivity index (χ0) is 13.1. The van der Waals surface area contributed by atoms with Crippen molar-refractivity contribution in [2.75, 3.05) is 13.1 Å². The number of piperidine rings is 1. The smallest absolute Gasteiger partial charge is 0.317 e. The maximum absolute atomic E-state index is 12.0. The van der Waals surface area contributed by atoms with Gasteiger partial charge in [0.25, 0.3) is 0 Å². The summed E-state index contributed by atoms with van der Waals surface area (Å²) in [5.41, 5.74) is 0. The summed E-state index contributed by atoms with van der Waals surface area (Å²) in [4.78, 5) is 24.6. The largest absolute Gasteiger partial charge is 0.481 e. The van der Waals surface area contributed by atoms with Crippen LogP contribution in [-0.2, 0) is 4.79 Å². The predicted molar refractivity (Wildman–Crippen MR) is 67.3 cm³/mol. The van der Waals surface area contributed by atoms with Crippen molar-refractivity contribution < 1.29 is 14.7 Å². The minimum absolute atomic E-state index is 0.0969. The van der Waals surface area contributed by atoms with Crippen molar-refractivity contribution in [1.82, 2.24) is 10.2 Å². The highest BCUT2D eigenvalue weighted by molar-refractivity contribution is 5.76. The first-order valence-electron chi connectivity index (χ1n) is 6.86. The fraction of sp³-hybridized carbons (Fsp3) is 0.846. The predicted octanol–water partition coefficient (Wildman–Crippen LogP) is 1.68. The lowest BCUT2D eigenvalue weighted by Crippen LogP contribution is -2.51. The molecule has 18 heavy (non-hydrogen) atoms. The zero-order valence-corrected chi connectivity index (χ0v) is 10.9. The van der Waals surface area contributed by atoms with Crippen LogP contribution >= 0.6 is 0 Å². The second-order valence-corrected chi connectivity index (χ2v) is 5.55. The summed E-state index contributed by atoms with van der Waals surface area (Å²) in [6, 6.07) is 0.108. The second kappa shape index (κ2) is 5.59. The Balaban J connectivity index is 1.82. The van der Waals surface area contributed by atoms with Crippen molar-refractivity contribution in [3.63, 3.8) is 0 Å². The lowest BCUT2D eigenvalue weighted by atomic mass is 9.80. The molecule has 0 radical (unpaired) electrons. The molecule has 2 N–H and O–H groups in total. The number of rotatable bonds is 3. The van der Waals surface area contributed by atoms with Gasteiger partial charge in [0.2, 0.25) is 0 Å². The van der Waals surface area contributed by atoms with Crippen LogP contribution in [0.25, 0.3) is 0 Å². The Kier molecular flexibility index (Phi) is 4.09. The monoisotopic (exact) mass is 254 g/mol. The van der Waals surface area contributed by atoms with Crippen LogP contribution in [0.4, 0.5) is 4.79 Å². The normalized spacial score (nSPS) is 26.3. The molecule has 2 amide bonds. The van der Waals surface area contributed by atoms with E-state index in [1.54, 1.807) is 4.90 Å². The highest BCUT2D eigenvalue weighted by Crippen LogP contribution is 2.29. The van der Waals surface area contributed by atoms with Gasteiger partial charge in [-0.15, -0.1) is 0 Å². The molecule has 0 aromatic rings. The van der Waals surface area contributed by atoms with Crippen molar-refractivity contribution in [1.29, 1.82) is 0 Å². The van der Waals surface area contributed by atoms with Gasteiger partial charge in [0.1, 0.15) is 0 Å². The van der Waals surface area contributed by atoms with Crippen molar-refractivity contribution in [2.45, 2.75) is 45.1 Å². The molecule has 0 bridgehead atoms. The fourth-order valence-corrected chi connectivity index (χ4v) is 2.71. The standard InChI is InChI=1S/C13H22N2O3/c1-9(10-4-2-5-10)14-13(18)15-7-3-6-11(8-15)12(16)17/h9-11H,2-8H2,1H3,(H,14,18)(H,16,17)/t9?,11-/m1/s1. The first-order valence-corrected chi connectivity index (χ1v) is 6.86. The Labute approximate surface area is 108 Å². The molecule has 0 aromatic heterocycles. The Hall–Kier alpha value is -1.26. The molecule has 2 fully saturated rings. The molecule has 2 aliphatic rings. The first-order chi connectivity index (χ1) is 8.58. The Morgan fingerprint density at radius 2 is 2.00 bits per heavy atom. The molecular weight excluding hydrogens is 232 g/mol. The van der Waals surface area contributed by atoms with Gasteiger partial charge in [-0.25, -0.2) is 4.79 Å². The molecule has 102 valence electrons. The van der Waals surface area contributed by atoms with Crippen LogP contribution in [0.15, 0.2) is 0 Å². The van der Waals surface area contributed by atoms with Crippen LogP contribution in [0.5, 0.6) is 0 Å². The van der Waals surface area contributed by atoms with Gasteiger partial charge in [0, 0.05) is 19.1 Å². The number of carboxylic acid groups (broad SMARTS) is 1. The summed E-state index contributed by atoms with van der Waals surface area (Å²) < 4.78 is 0. The summed E-state index contributed by atoms with van der Waals surface area (Å²) >= 11 is 0. The topological polar surface area (TPSA) is 69.6 Å². The Morgan fingerprint density at radius 3 is 2.56 bits per heavy atom. The maximum Gasteiger partial charge on any atom is 0.317 e. The number of nitrogens with one attached hydrogen (secondary N) is 1. The minimum Gasteiger partial charge on any atom is -0.481 e. The number of carboxylic acids is 1. The molecule has 1 heterocycles.